The van der Waals surface area contributed by atoms with Gasteiger partial charge in [0.15, 0.2) is 0 Å². The summed E-state index contributed by atoms with van der Waals surface area (Å²) in [7, 11) is 1.01. The average molecular weight is 353 g/mol. The number of aromatic nitrogens is 1. The summed E-state index contributed by atoms with van der Waals surface area (Å²) >= 11 is 0. The van der Waals surface area contributed by atoms with E-state index in [-0.39, 0.29) is 5.39 Å². The van der Waals surface area contributed by atoms with Gasteiger partial charge in [-0.05, 0) is 33.7 Å². The van der Waals surface area contributed by atoms with Crippen LogP contribution in [0.25, 0.3) is 10.8 Å². The van der Waals surface area contributed by atoms with E-state index in [9.17, 15) is 18.8 Å². The van der Waals surface area contributed by atoms with Crippen molar-refractivity contribution in [1.29, 1.82) is 0 Å². The largest absolute Gasteiger partial charge is 0.465 e. The molecule has 0 aliphatic heterocycles. The molecule has 1 aromatic heterocycles. The summed E-state index contributed by atoms with van der Waals surface area (Å²) in [6.07, 6.45) is -1.16. The second-order valence-corrected chi connectivity index (χ2v) is 6.13. The molecule has 0 saturated heterocycles. The third-order valence-electron chi connectivity index (χ3n) is 3.15. The van der Waals surface area contributed by atoms with Crippen molar-refractivity contribution in [3.05, 3.63) is 45.6 Å². The van der Waals surface area contributed by atoms with E-state index in [4.69, 9.17) is 8.85 Å². The summed E-state index contributed by atoms with van der Waals surface area (Å²) in [6.45, 7) is 1.64. The number of fused-ring (bicyclic) bond motifs is 1. The molecule has 25 heavy (non-hydrogen) atoms. The fraction of sp³-hybridized carbons (Fsp3) is 0.353. The zero-order valence-corrected chi connectivity index (χ0v) is 14.1. The summed E-state index contributed by atoms with van der Waals surface area (Å²) in [4.78, 5) is 37.3. The first-order valence-corrected chi connectivity index (χ1v) is 7.24. The van der Waals surface area contributed by atoms with Crippen LogP contribution in [-0.4, -0.2) is 29.4 Å². The number of rotatable bonds is 2. The van der Waals surface area contributed by atoms with Gasteiger partial charge in [-0.15, -0.1) is 0 Å². The van der Waals surface area contributed by atoms with Crippen molar-refractivity contribution in [2.24, 2.45) is 0 Å². The maximum Gasteiger partial charge on any atom is 0.427 e. The quantitative estimate of drug-likeness (QED) is 0.839. The van der Waals surface area contributed by atoms with Gasteiger partial charge in [0.25, 0.3) is 5.56 Å². The molecular weight excluding hydrogens is 331 g/mol. The molecule has 0 bridgehead atoms. The zero-order valence-electron chi connectivity index (χ0n) is 17.1. The number of carbonyl (C=O) groups excluding carboxylic acids is 2. The summed E-state index contributed by atoms with van der Waals surface area (Å²) in [5, 5.41) is -0.822. The highest BCUT2D eigenvalue weighted by Gasteiger charge is 2.24. The lowest BCUT2D eigenvalue weighted by atomic mass is 10.0. The lowest BCUT2D eigenvalue weighted by Gasteiger charge is -2.22. The molecule has 8 heteroatoms. The van der Waals surface area contributed by atoms with E-state index in [1.54, 1.807) is 20.8 Å². The number of hydrogen-bond donors (Lipinski definition) is 1. The number of esters is 1. The van der Waals surface area contributed by atoms with Crippen molar-refractivity contribution >= 4 is 22.8 Å². The standard InChI is InChI=1S/C17H19FN2O5/c1-9-12(15(22)24-5)10-7-6-8-11(18)13(10)14(21)20(9)19-16(23)25-17(2,3)4/h6-8H,1-5H3,(H,19,23)/i1D3. The van der Waals surface area contributed by atoms with Crippen LogP contribution in [0.4, 0.5) is 9.18 Å². The highest BCUT2D eigenvalue weighted by atomic mass is 19.1. The van der Waals surface area contributed by atoms with Crippen LogP contribution in [-0.2, 0) is 9.47 Å². The number of pyridine rings is 1. The van der Waals surface area contributed by atoms with Gasteiger partial charge in [-0.2, -0.15) is 0 Å². The monoisotopic (exact) mass is 353 g/mol. The summed E-state index contributed by atoms with van der Waals surface area (Å²) < 4.78 is 47.6. The highest BCUT2D eigenvalue weighted by Crippen LogP contribution is 2.22. The molecule has 7 nitrogen and oxygen atoms in total. The smallest absolute Gasteiger partial charge is 0.427 e. The first kappa shape index (κ1) is 14.4. The predicted octanol–water partition coefficient (Wildman–Crippen LogP) is 2.71. The Morgan fingerprint density at radius 2 is 2.00 bits per heavy atom. The molecule has 1 aromatic carbocycles. The Kier molecular flexibility index (Phi) is 3.78. The van der Waals surface area contributed by atoms with Gasteiger partial charge in [-0.1, -0.05) is 12.1 Å². The molecule has 2 rings (SSSR count). The number of amides is 1. The molecule has 0 aliphatic carbocycles. The van der Waals surface area contributed by atoms with Crippen molar-refractivity contribution in [3.8, 4) is 0 Å². The van der Waals surface area contributed by atoms with Crippen molar-refractivity contribution in [2.45, 2.75) is 33.2 Å². The lowest BCUT2D eigenvalue weighted by molar-refractivity contribution is 0.0587. The molecule has 0 aliphatic rings. The van der Waals surface area contributed by atoms with E-state index >= 15 is 0 Å². The minimum Gasteiger partial charge on any atom is -0.465 e. The molecule has 0 saturated carbocycles. The number of halogens is 1. The van der Waals surface area contributed by atoms with Crippen LogP contribution in [0, 0.1) is 12.7 Å². The first-order valence-electron chi connectivity index (χ1n) is 8.74. The molecule has 0 unspecified atom stereocenters. The number of nitrogens with one attached hydrogen (secondary N) is 1. The topological polar surface area (TPSA) is 86.6 Å². The molecule has 0 spiro atoms. The van der Waals surface area contributed by atoms with Gasteiger partial charge in [0.05, 0.1) is 23.8 Å². The predicted molar refractivity (Wildman–Crippen MR) is 89.8 cm³/mol. The molecular formula is C17H19FN2O5. The van der Waals surface area contributed by atoms with Crippen molar-refractivity contribution < 1.29 is 27.6 Å². The molecule has 1 heterocycles. The maximum absolute atomic E-state index is 14.4. The minimum absolute atomic E-state index is 0.245. The van der Waals surface area contributed by atoms with Crippen LogP contribution in [0.5, 0.6) is 0 Å². The molecule has 0 radical (unpaired) electrons. The third kappa shape index (κ3) is 3.62. The van der Waals surface area contributed by atoms with E-state index in [2.05, 4.69) is 4.74 Å². The van der Waals surface area contributed by atoms with Gasteiger partial charge in [0.2, 0.25) is 0 Å². The number of methoxy groups -OCH3 is 1. The Balaban J connectivity index is 2.94. The number of ether oxygens (including phenoxy) is 2. The Bertz CT molecular complexity index is 1010. The van der Waals surface area contributed by atoms with Crippen molar-refractivity contribution in [1.82, 2.24) is 4.68 Å². The fourth-order valence-electron chi connectivity index (χ4n) is 2.21. The van der Waals surface area contributed by atoms with Crippen LogP contribution < -0.4 is 11.0 Å². The van der Waals surface area contributed by atoms with Crippen LogP contribution >= 0.6 is 0 Å². The average Bonchev–Trinajstić information content (AvgIpc) is 2.53. The number of benzene rings is 1. The van der Waals surface area contributed by atoms with Crippen molar-refractivity contribution in [2.75, 3.05) is 12.5 Å². The Morgan fingerprint density at radius 3 is 2.56 bits per heavy atom. The Morgan fingerprint density at radius 1 is 1.32 bits per heavy atom. The van der Waals surface area contributed by atoms with E-state index in [0.29, 0.717) is 4.68 Å². The van der Waals surface area contributed by atoms with Crippen LogP contribution in [0.2, 0.25) is 0 Å². The fourth-order valence-corrected chi connectivity index (χ4v) is 2.21. The Hall–Kier alpha value is -2.90. The maximum atomic E-state index is 14.4. The van der Waals surface area contributed by atoms with Gasteiger partial charge in [0, 0.05) is 9.50 Å². The summed E-state index contributed by atoms with van der Waals surface area (Å²) in [5.41, 5.74) is -1.52. The SMILES string of the molecule is [2H]C([2H])([2H])c1c(C(=O)OC)c2cccc(F)c2c(=O)n1NC(=O)OC(C)(C)C. The highest BCUT2D eigenvalue weighted by molar-refractivity contribution is 6.05. The second kappa shape index (κ2) is 6.54. The minimum atomic E-state index is -3.03. The van der Waals surface area contributed by atoms with Gasteiger partial charge >= 0.3 is 12.1 Å². The van der Waals surface area contributed by atoms with Gasteiger partial charge in [-0.3, -0.25) is 4.79 Å². The van der Waals surface area contributed by atoms with E-state index in [1.165, 1.54) is 12.1 Å². The lowest BCUT2D eigenvalue weighted by Crippen LogP contribution is -2.39. The number of hydrogen-bond acceptors (Lipinski definition) is 5. The summed E-state index contributed by atoms with van der Waals surface area (Å²) in [5.74, 6) is -2.11. The van der Waals surface area contributed by atoms with Gasteiger partial charge in [-0.25, -0.2) is 24.1 Å². The van der Waals surface area contributed by atoms with Gasteiger partial charge in [0.1, 0.15) is 11.4 Å². The van der Waals surface area contributed by atoms with E-state index in [1.807, 2.05) is 5.43 Å². The van der Waals surface area contributed by atoms with Crippen LogP contribution in [0.3, 0.4) is 0 Å². The molecule has 134 valence electrons. The normalized spacial score (nSPS) is 13.6. The molecule has 0 fully saturated rings. The van der Waals surface area contributed by atoms with Crippen LogP contribution in [0.15, 0.2) is 23.0 Å². The number of nitrogens with zero attached hydrogens (tertiary/aromatic N) is 1. The second-order valence-electron chi connectivity index (χ2n) is 6.13. The van der Waals surface area contributed by atoms with E-state index in [0.717, 1.165) is 13.2 Å². The molecule has 0 atom stereocenters. The van der Waals surface area contributed by atoms with Gasteiger partial charge < -0.3 is 9.47 Å². The first-order chi connectivity index (χ1) is 12.8. The third-order valence-corrected chi connectivity index (χ3v) is 3.15. The van der Waals surface area contributed by atoms with Crippen LogP contribution in [0.1, 0.15) is 40.9 Å². The zero-order chi connectivity index (χ0) is 21.4. The Labute approximate surface area is 147 Å². The van der Waals surface area contributed by atoms with Crippen molar-refractivity contribution in [3.63, 3.8) is 0 Å². The van der Waals surface area contributed by atoms with E-state index < -0.39 is 52.5 Å². The molecule has 2 aromatic rings. The molecule has 1 amide bonds. The summed E-state index contributed by atoms with van der Waals surface area (Å²) in [6, 6.07) is 3.41. The number of carbonyl (C=O) groups is 2. The molecule has 1 N–H and O–H groups in total.